The largest absolute Gasteiger partial charge is 0.335 e. The van der Waals surface area contributed by atoms with Gasteiger partial charge in [-0.05, 0) is 32.1 Å². The number of rotatable bonds is 7. The van der Waals surface area contributed by atoms with Crippen LogP contribution in [0.25, 0.3) is 0 Å². The van der Waals surface area contributed by atoms with E-state index in [9.17, 15) is 4.79 Å². The van der Waals surface area contributed by atoms with Gasteiger partial charge in [-0.15, -0.1) is 0 Å². The minimum absolute atomic E-state index is 0.164. The third-order valence-electron chi connectivity index (χ3n) is 3.44. The first kappa shape index (κ1) is 15.2. The lowest BCUT2D eigenvalue weighted by molar-refractivity contribution is -0.143. The lowest BCUT2D eigenvalue weighted by atomic mass is 10.1. The summed E-state index contributed by atoms with van der Waals surface area (Å²) in [5.41, 5.74) is 1.08. The maximum Gasteiger partial charge on any atom is 0.335 e. The van der Waals surface area contributed by atoms with Crippen LogP contribution in [0.3, 0.4) is 0 Å². The van der Waals surface area contributed by atoms with Crippen LogP contribution >= 0.6 is 0 Å². The Morgan fingerprint density at radius 1 is 1.06 bits per heavy atom. The Kier molecular flexibility index (Phi) is 8.53. The molecule has 0 aromatic rings. The second-order valence-electron chi connectivity index (χ2n) is 5.20. The van der Waals surface area contributed by atoms with Gasteiger partial charge < -0.3 is 4.84 Å². The maximum absolute atomic E-state index is 11.5. The molecule has 3 nitrogen and oxygen atoms in total. The lowest BCUT2D eigenvalue weighted by Crippen LogP contribution is -2.03. The van der Waals surface area contributed by atoms with E-state index in [1.165, 1.54) is 44.9 Å². The van der Waals surface area contributed by atoms with Crippen LogP contribution < -0.4 is 0 Å². The Hall–Kier alpha value is -0.860. The molecular weight excluding hydrogens is 226 g/mol. The number of hydrogen-bond acceptors (Lipinski definition) is 3. The van der Waals surface area contributed by atoms with Gasteiger partial charge in [0.15, 0.2) is 0 Å². The van der Waals surface area contributed by atoms with Crippen molar-refractivity contribution in [3.8, 4) is 0 Å². The number of nitrogens with zero attached hydrogens (tertiary/aromatic N) is 1. The summed E-state index contributed by atoms with van der Waals surface area (Å²) in [7, 11) is 0. The van der Waals surface area contributed by atoms with Gasteiger partial charge in [0, 0.05) is 6.42 Å². The van der Waals surface area contributed by atoms with Gasteiger partial charge in [0.25, 0.3) is 0 Å². The molecule has 104 valence electrons. The lowest BCUT2D eigenvalue weighted by Gasteiger charge is -2.02. The summed E-state index contributed by atoms with van der Waals surface area (Å²) in [5.74, 6) is -0.164. The Morgan fingerprint density at radius 2 is 1.72 bits per heavy atom. The van der Waals surface area contributed by atoms with Crippen LogP contribution in [0.5, 0.6) is 0 Å². The van der Waals surface area contributed by atoms with Crippen molar-refractivity contribution in [2.75, 3.05) is 0 Å². The Bertz CT molecular complexity index is 251. The number of unbranched alkanes of at least 4 members (excludes halogenated alkanes) is 4. The fourth-order valence-corrected chi connectivity index (χ4v) is 2.26. The molecule has 1 saturated carbocycles. The van der Waals surface area contributed by atoms with Crippen molar-refractivity contribution < 1.29 is 9.63 Å². The normalized spacial score (nSPS) is 16.2. The summed E-state index contributed by atoms with van der Waals surface area (Å²) in [6, 6.07) is 0. The molecule has 0 atom stereocenters. The van der Waals surface area contributed by atoms with E-state index in [-0.39, 0.29) is 5.97 Å². The van der Waals surface area contributed by atoms with Gasteiger partial charge in [-0.25, -0.2) is 4.79 Å². The van der Waals surface area contributed by atoms with Crippen molar-refractivity contribution in [3.63, 3.8) is 0 Å². The van der Waals surface area contributed by atoms with Crippen LogP contribution in [0.2, 0.25) is 0 Å². The highest BCUT2D eigenvalue weighted by Gasteiger charge is 2.08. The van der Waals surface area contributed by atoms with Crippen molar-refractivity contribution in [1.29, 1.82) is 0 Å². The summed E-state index contributed by atoms with van der Waals surface area (Å²) in [6.07, 6.45) is 13.2. The van der Waals surface area contributed by atoms with Gasteiger partial charge >= 0.3 is 5.97 Å². The van der Waals surface area contributed by atoms with Crippen LogP contribution in [-0.2, 0) is 9.63 Å². The van der Waals surface area contributed by atoms with E-state index in [0.29, 0.717) is 6.42 Å². The summed E-state index contributed by atoms with van der Waals surface area (Å²) in [4.78, 5) is 16.5. The van der Waals surface area contributed by atoms with Gasteiger partial charge in [-0.1, -0.05) is 50.6 Å². The second kappa shape index (κ2) is 10.1. The number of carbonyl (C=O) groups is 1. The van der Waals surface area contributed by atoms with Crippen molar-refractivity contribution in [1.82, 2.24) is 0 Å². The molecule has 1 aliphatic carbocycles. The first-order chi connectivity index (χ1) is 8.83. The average Bonchev–Trinajstić information content (AvgIpc) is 2.64. The van der Waals surface area contributed by atoms with E-state index in [4.69, 9.17) is 4.84 Å². The zero-order valence-corrected chi connectivity index (χ0v) is 11.7. The van der Waals surface area contributed by atoms with E-state index in [2.05, 4.69) is 12.1 Å². The molecule has 3 heteroatoms. The van der Waals surface area contributed by atoms with Crippen LogP contribution in [0, 0.1) is 0 Å². The zero-order chi connectivity index (χ0) is 13.1. The molecular formula is C15H27NO2. The number of hydrogen-bond donors (Lipinski definition) is 0. The van der Waals surface area contributed by atoms with Gasteiger partial charge in [0.05, 0.1) is 5.71 Å². The van der Waals surface area contributed by atoms with Crippen LogP contribution in [0.4, 0.5) is 0 Å². The quantitative estimate of drug-likeness (QED) is 0.288. The molecule has 1 rings (SSSR count). The van der Waals surface area contributed by atoms with Crippen molar-refractivity contribution >= 4 is 11.7 Å². The van der Waals surface area contributed by atoms with Crippen molar-refractivity contribution in [3.05, 3.63) is 0 Å². The second-order valence-corrected chi connectivity index (χ2v) is 5.20. The summed E-state index contributed by atoms with van der Waals surface area (Å²) < 4.78 is 0. The minimum Gasteiger partial charge on any atom is -0.318 e. The third kappa shape index (κ3) is 7.46. The molecule has 18 heavy (non-hydrogen) atoms. The van der Waals surface area contributed by atoms with Gasteiger partial charge in [0.1, 0.15) is 0 Å². The average molecular weight is 253 g/mol. The topological polar surface area (TPSA) is 38.7 Å². The first-order valence-corrected chi connectivity index (χ1v) is 7.58. The summed E-state index contributed by atoms with van der Waals surface area (Å²) >= 11 is 0. The first-order valence-electron chi connectivity index (χ1n) is 7.58. The summed E-state index contributed by atoms with van der Waals surface area (Å²) in [5, 5.41) is 4.03. The monoisotopic (exact) mass is 253 g/mol. The third-order valence-corrected chi connectivity index (χ3v) is 3.44. The van der Waals surface area contributed by atoms with Crippen molar-refractivity contribution in [2.45, 2.75) is 84.0 Å². The van der Waals surface area contributed by atoms with Crippen molar-refractivity contribution in [2.24, 2.45) is 5.16 Å². The molecule has 0 spiro atoms. The molecule has 1 aliphatic rings. The van der Waals surface area contributed by atoms with Crippen LogP contribution in [-0.4, -0.2) is 11.7 Å². The molecule has 0 aromatic carbocycles. The molecule has 0 bridgehead atoms. The SMILES string of the molecule is CCCCCCCC(=O)ON=C1CCCCCC1. The number of carbonyl (C=O) groups excluding carboxylic acids is 1. The van der Waals surface area contributed by atoms with E-state index < -0.39 is 0 Å². The molecule has 1 fully saturated rings. The highest BCUT2D eigenvalue weighted by Crippen LogP contribution is 2.15. The fourth-order valence-electron chi connectivity index (χ4n) is 2.26. The molecule has 0 saturated heterocycles. The fraction of sp³-hybridized carbons (Fsp3) is 0.867. The van der Waals surface area contributed by atoms with Crippen LogP contribution in [0.15, 0.2) is 5.16 Å². The molecule has 0 aliphatic heterocycles. The van der Waals surface area contributed by atoms with E-state index in [0.717, 1.165) is 31.4 Å². The molecule has 0 N–H and O–H groups in total. The predicted molar refractivity (Wildman–Crippen MR) is 74.6 cm³/mol. The standard InChI is InChI=1S/C15H27NO2/c1-2-3-4-5-10-13-15(17)18-16-14-11-8-6-7-9-12-14/h2-13H2,1H3. The van der Waals surface area contributed by atoms with Gasteiger partial charge in [-0.2, -0.15) is 0 Å². The molecule has 0 radical (unpaired) electrons. The minimum atomic E-state index is -0.164. The molecule has 0 amide bonds. The molecule has 0 heterocycles. The highest BCUT2D eigenvalue weighted by atomic mass is 16.7. The Morgan fingerprint density at radius 3 is 2.39 bits per heavy atom. The molecule has 0 aromatic heterocycles. The van der Waals surface area contributed by atoms with E-state index >= 15 is 0 Å². The molecule has 0 unspecified atom stereocenters. The van der Waals surface area contributed by atoms with E-state index in [1.54, 1.807) is 0 Å². The zero-order valence-electron chi connectivity index (χ0n) is 11.7. The number of oxime groups is 1. The highest BCUT2D eigenvalue weighted by molar-refractivity contribution is 5.84. The predicted octanol–water partition coefficient (Wildman–Crippen LogP) is 4.60. The van der Waals surface area contributed by atoms with Gasteiger partial charge in [-0.3, -0.25) is 0 Å². The van der Waals surface area contributed by atoms with Gasteiger partial charge in [0.2, 0.25) is 0 Å². The summed E-state index contributed by atoms with van der Waals surface area (Å²) in [6.45, 7) is 2.19. The Labute approximate surface area is 111 Å². The smallest absolute Gasteiger partial charge is 0.318 e. The Balaban J connectivity index is 2.09. The van der Waals surface area contributed by atoms with Crippen LogP contribution in [0.1, 0.15) is 84.0 Å². The van der Waals surface area contributed by atoms with E-state index in [1.807, 2.05) is 0 Å². The maximum atomic E-state index is 11.5.